The van der Waals surface area contributed by atoms with Gasteiger partial charge in [0.1, 0.15) is 0 Å². The Balaban J connectivity index is 2.75. The van der Waals surface area contributed by atoms with Crippen LogP contribution >= 0.6 is 12.6 Å². The van der Waals surface area contributed by atoms with Gasteiger partial charge in [-0.1, -0.05) is 0 Å². The van der Waals surface area contributed by atoms with Crippen LogP contribution in [0.25, 0.3) is 0 Å². The van der Waals surface area contributed by atoms with Gasteiger partial charge in [0.15, 0.2) is 0 Å². The number of rotatable bonds is 2. The van der Waals surface area contributed by atoms with Crippen molar-refractivity contribution in [3.8, 4) is 0 Å². The fourth-order valence-corrected chi connectivity index (χ4v) is 1.52. The zero-order valence-corrected chi connectivity index (χ0v) is 7.70. The number of aliphatic hydroxyl groups is 1. The minimum absolute atomic E-state index is 0.151. The molecule has 36 valence electrons. The summed E-state index contributed by atoms with van der Waals surface area (Å²) in [6.07, 6.45) is -0.151. The van der Waals surface area contributed by atoms with Crippen molar-refractivity contribution < 1.29 is 5.11 Å². The molecule has 0 aromatic carbocycles. The number of aliphatic hydroxyl groups excluding tert-OH is 1. The molecule has 1 unspecified atom stereocenters. The van der Waals surface area contributed by atoms with E-state index in [-0.39, 0.29) is 6.10 Å². The van der Waals surface area contributed by atoms with Crippen LogP contribution in [0.3, 0.4) is 0 Å². The first-order chi connectivity index (χ1) is 2.81. The number of hydrogen-bond donors (Lipinski definition) is 2. The Bertz CT molecular complexity index is 30.0. The Kier molecular flexibility index (Phi) is 5.22. The molecule has 0 aliphatic carbocycles. The second-order valence-corrected chi connectivity index (χ2v) is 2.80. The second kappa shape index (κ2) is 4.35. The summed E-state index contributed by atoms with van der Waals surface area (Å²) in [5.74, 6) is 0.608. The van der Waals surface area contributed by atoms with E-state index in [1.807, 2.05) is 0 Å². The van der Waals surface area contributed by atoms with Gasteiger partial charge >= 0.3 is 58.4 Å². The van der Waals surface area contributed by atoms with E-state index in [1.54, 1.807) is 0 Å². The van der Waals surface area contributed by atoms with Gasteiger partial charge in [-0.25, -0.2) is 0 Å². The van der Waals surface area contributed by atoms with Gasteiger partial charge in [0.2, 0.25) is 0 Å². The van der Waals surface area contributed by atoms with Gasteiger partial charge < -0.3 is 0 Å². The molecule has 0 spiro atoms. The Morgan fingerprint density at radius 2 is 2.33 bits per heavy atom. The van der Waals surface area contributed by atoms with Crippen molar-refractivity contribution in [2.24, 2.45) is 0 Å². The molecule has 0 aromatic heterocycles. The number of thiol groups is 1. The molecule has 0 amide bonds. The monoisotopic (exact) mass is 300 g/mol. The van der Waals surface area contributed by atoms with E-state index in [9.17, 15) is 0 Å². The van der Waals surface area contributed by atoms with E-state index in [0.717, 1.165) is 4.13 Å². The summed E-state index contributed by atoms with van der Waals surface area (Å²) < 4.78 is 0.920. The van der Waals surface area contributed by atoms with Crippen molar-refractivity contribution in [2.45, 2.75) is 10.2 Å². The van der Waals surface area contributed by atoms with Crippen LogP contribution in [0.2, 0.25) is 4.13 Å². The summed E-state index contributed by atoms with van der Waals surface area (Å²) in [6.45, 7) is 0. The fourth-order valence-electron chi connectivity index (χ4n) is 0.0577. The summed E-state index contributed by atoms with van der Waals surface area (Å²) in [5, 5.41) is 8.62. The van der Waals surface area contributed by atoms with Gasteiger partial charge in [-0.15, -0.1) is 0 Å². The molecule has 0 fully saturated rings. The van der Waals surface area contributed by atoms with Crippen LogP contribution in [0.5, 0.6) is 0 Å². The average molecular weight is 300 g/mol. The third kappa shape index (κ3) is 3.39. The molecular weight excluding hydrogens is 293 g/mol. The first-order valence-electron chi connectivity index (χ1n) is 1.71. The summed E-state index contributed by atoms with van der Waals surface area (Å²) in [5.41, 5.74) is 0. The molecule has 2 radical (unpaired) electrons. The van der Waals surface area contributed by atoms with Crippen molar-refractivity contribution in [1.29, 1.82) is 0 Å². The average Bonchev–Trinajstić information content (AvgIpc) is 1.65. The van der Waals surface area contributed by atoms with E-state index in [0.29, 0.717) is 5.75 Å². The molecule has 0 rings (SSSR count). The molecule has 3 heteroatoms. The van der Waals surface area contributed by atoms with Crippen molar-refractivity contribution >= 4 is 37.3 Å². The molecule has 0 aliphatic rings. The van der Waals surface area contributed by atoms with E-state index in [1.165, 1.54) is 24.7 Å². The molecule has 0 heterocycles. The molecule has 1 N–H and O–H groups in total. The van der Waals surface area contributed by atoms with Crippen LogP contribution in [0.15, 0.2) is 0 Å². The maximum atomic E-state index is 8.62. The molecule has 0 aromatic rings. The fraction of sp³-hybridized carbons (Fsp3) is 1.00. The Hall–Kier alpha value is 1.19. The quantitative estimate of drug-likeness (QED) is 0.537. The first kappa shape index (κ1) is 7.19. The predicted molar refractivity (Wildman–Crippen MR) is 30.4 cm³/mol. The van der Waals surface area contributed by atoms with Gasteiger partial charge in [-0.3, -0.25) is 0 Å². The normalized spacial score (nSPS) is 14.5. The van der Waals surface area contributed by atoms with Gasteiger partial charge in [-0.05, 0) is 0 Å². The van der Waals surface area contributed by atoms with Gasteiger partial charge in [0, 0.05) is 0 Å². The third-order valence-corrected chi connectivity index (χ3v) is 2.48. The maximum absolute atomic E-state index is 8.62. The molecule has 6 heavy (non-hydrogen) atoms. The standard InChI is InChI=1S/C3H7OS.Bi/c1-3(4)2-5;/h3-5H,1-2H2;. The van der Waals surface area contributed by atoms with Crippen molar-refractivity contribution in [1.82, 2.24) is 0 Å². The predicted octanol–water partition coefficient (Wildman–Crippen LogP) is -0.136. The summed E-state index contributed by atoms with van der Waals surface area (Å²) >= 11 is 5.12. The van der Waals surface area contributed by atoms with E-state index >= 15 is 0 Å². The topological polar surface area (TPSA) is 20.2 Å². The molecule has 0 aliphatic heterocycles. The SMILES string of the molecule is OC(CS)[CH2][Bi]. The minimum atomic E-state index is -0.151. The molecule has 0 saturated heterocycles. The molecule has 1 atom stereocenters. The Labute approximate surface area is 58.4 Å². The first-order valence-corrected chi connectivity index (χ1v) is 4.80. The summed E-state index contributed by atoms with van der Waals surface area (Å²) in [6, 6.07) is 0. The van der Waals surface area contributed by atoms with Crippen molar-refractivity contribution in [2.75, 3.05) is 5.75 Å². The van der Waals surface area contributed by atoms with Crippen LogP contribution in [-0.4, -0.2) is 41.7 Å². The van der Waals surface area contributed by atoms with Crippen molar-refractivity contribution in [3.05, 3.63) is 0 Å². The van der Waals surface area contributed by atoms with Gasteiger partial charge in [0.05, 0.1) is 0 Å². The Morgan fingerprint density at radius 3 is 2.33 bits per heavy atom. The number of hydrogen-bond acceptors (Lipinski definition) is 2. The second-order valence-electron chi connectivity index (χ2n) is 1.02. The van der Waals surface area contributed by atoms with Crippen LogP contribution in [-0.2, 0) is 0 Å². The van der Waals surface area contributed by atoms with Gasteiger partial charge in [-0.2, -0.15) is 0 Å². The van der Waals surface area contributed by atoms with Crippen LogP contribution in [0, 0.1) is 0 Å². The molecule has 1 nitrogen and oxygen atoms in total. The zero-order valence-electron chi connectivity index (χ0n) is 3.33. The zero-order chi connectivity index (χ0) is 4.99. The van der Waals surface area contributed by atoms with Crippen LogP contribution in [0.1, 0.15) is 0 Å². The van der Waals surface area contributed by atoms with Crippen LogP contribution in [0.4, 0.5) is 0 Å². The van der Waals surface area contributed by atoms with Crippen molar-refractivity contribution in [3.63, 3.8) is 0 Å². The van der Waals surface area contributed by atoms with E-state index < -0.39 is 0 Å². The van der Waals surface area contributed by atoms with E-state index in [4.69, 9.17) is 5.11 Å². The Morgan fingerprint density at radius 1 is 1.83 bits per heavy atom. The van der Waals surface area contributed by atoms with Gasteiger partial charge in [0.25, 0.3) is 0 Å². The molecule has 0 saturated carbocycles. The summed E-state index contributed by atoms with van der Waals surface area (Å²) in [4.78, 5) is 0. The molecular formula is C3H7BiOS. The van der Waals surface area contributed by atoms with Crippen LogP contribution < -0.4 is 0 Å². The van der Waals surface area contributed by atoms with E-state index in [2.05, 4.69) is 12.6 Å². The third-order valence-electron chi connectivity index (χ3n) is 0.421. The summed E-state index contributed by atoms with van der Waals surface area (Å²) in [7, 11) is 0. The molecule has 0 bridgehead atoms.